The van der Waals surface area contributed by atoms with Crippen molar-refractivity contribution in [1.29, 1.82) is 0 Å². The molecular formula is C18H21NO3S. The smallest absolute Gasteiger partial charge is 0.212 e. The molecule has 1 aliphatic rings. The fourth-order valence-corrected chi connectivity index (χ4v) is 4.15. The number of nitrogens with one attached hydrogen (secondary N) is 1. The van der Waals surface area contributed by atoms with Gasteiger partial charge in [0, 0.05) is 19.4 Å². The quantitative estimate of drug-likeness (QED) is 0.846. The summed E-state index contributed by atoms with van der Waals surface area (Å²) in [4.78, 5) is 0. The molecule has 4 nitrogen and oxygen atoms in total. The average molecular weight is 331 g/mol. The fourth-order valence-electron chi connectivity index (χ4n) is 3.01. The van der Waals surface area contributed by atoms with E-state index in [1.54, 1.807) is 0 Å². The molecule has 0 radical (unpaired) electrons. The maximum atomic E-state index is 12.2. The van der Waals surface area contributed by atoms with Crippen LogP contribution in [-0.4, -0.2) is 31.4 Å². The highest BCUT2D eigenvalue weighted by Crippen LogP contribution is 2.29. The Hall–Kier alpha value is -1.69. The fraction of sp³-hybridized carbons (Fsp3) is 0.333. The highest BCUT2D eigenvalue weighted by Gasteiger charge is 2.35. The lowest BCUT2D eigenvalue weighted by Crippen LogP contribution is -2.44. The number of hydrogen-bond acceptors (Lipinski definition) is 3. The Kier molecular flexibility index (Phi) is 4.53. The van der Waals surface area contributed by atoms with Crippen molar-refractivity contribution in [3.8, 4) is 0 Å². The highest BCUT2D eigenvalue weighted by molar-refractivity contribution is 7.89. The molecular weight excluding hydrogens is 310 g/mol. The summed E-state index contributed by atoms with van der Waals surface area (Å²) in [7, 11) is -3.40. The minimum atomic E-state index is -3.40. The minimum Gasteiger partial charge on any atom is -0.388 e. The Balaban J connectivity index is 1.55. The van der Waals surface area contributed by atoms with Gasteiger partial charge in [-0.3, -0.25) is 0 Å². The topological polar surface area (TPSA) is 66.4 Å². The van der Waals surface area contributed by atoms with E-state index in [4.69, 9.17) is 0 Å². The Morgan fingerprint density at radius 2 is 1.52 bits per heavy atom. The summed E-state index contributed by atoms with van der Waals surface area (Å²) in [6, 6.07) is 17.4. The van der Waals surface area contributed by atoms with E-state index in [-0.39, 0.29) is 12.3 Å². The number of aryl methyl sites for hydroxylation is 1. The molecule has 23 heavy (non-hydrogen) atoms. The van der Waals surface area contributed by atoms with Crippen LogP contribution >= 0.6 is 0 Å². The van der Waals surface area contributed by atoms with E-state index in [2.05, 4.69) is 4.72 Å². The van der Waals surface area contributed by atoms with Gasteiger partial charge < -0.3 is 5.11 Å². The monoisotopic (exact) mass is 331 g/mol. The van der Waals surface area contributed by atoms with Gasteiger partial charge in [0.05, 0.1) is 11.4 Å². The van der Waals surface area contributed by atoms with Crippen LogP contribution in [0, 0.1) is 0 Å². The maximum Gasteiger partial charge on any atom is 0.212 e. The van der Waals surface area contributed by atoms with Crippen molar-refractivity contribution in [3.05, 3.63) is 71.3 Å². The van der Waals surface area contributed by atoms with E-state index in [1.165, 1.54) is 0 Å². The van der Waals surface area contributed by atoms with Crippen LogP contribution in [0.5, 0.6) is 0 Å². The van der Waals surface area contributed by atoms with Gasteiger partial charge in [0.25, 0.3) is 0 Å². The van der Waals surface area contributed by atoms with Crippen LogP contribution in [0.2, 0.25) is 0 Å². The van der Waals surface area contributed by atoms with Crippen molar-refractivity contribution in [2.45, 2.75) is 24.9 Å². The molecule has 0 fully saturated rings. The zero-order valence-corrected chi connectivity index (χ0v) is 13.7. The van der Waals surface area contributed by atoms with Gasteiger partial charge in [-0.15, -0.1) is 0 Å². The standard InChI is InChI=1S/C18H21NO3S/c20-18(12-16-8-4-5-9-17(16)13-18)14-19-23(21,22)11-10-15-6-2-1-3-7-15/h1-9,19-20H,10-14H2. The molecule has 0 amide bonds. The SMILES string of the molecule is O=S(=O)(CCc1ccccc1)NCC1(O)Cc2ccccc2C1. The number of sulfonamides is 1. The van der Waals surface area contributed by atoms with Gasteiger partial charge in [0.2, 0.25) is 10.0 Å². The Morgan fingerprint density at radius 1 is 0.957 bits per heavy atom. The van der Waals surface area contributed by atoms with Gasteiger partial charge in [0.1, 0.15) is 0 Å². The Bertz CT molecular complexity index is 747. The molecule has 0 aromatic heterocycles. The van der Waals surface area contributed by atoms with E-state index in [9.17, 15) is 13.5 Å². The van der Waals surface area contributed by atoms with Crippen molar-refractivity contribution < 1.29 is 13.5 Å². The van der Waals surface area contributed by atoms with Crippen molar-refractivity contribution in [3.63, 3.8) is 0 Å². The summed E-state index contributed by atoms with van der Waals surface area (Å²) in [5.74, 6) is 0.0278. The molecule has 0 heterocycles. The zero-order valence-electron chi connectivity index (χ0n) is 12.9. The van der Waals surface area contributed by atoms with Crippen LogP contribution in [0.3, 0.4) is 0 Å². The van der Waals surface area contributed by atoms with Gasteiger partial charge in [-0.1, -0.05) is 54.6 Å². The van der Waals surface area contributed by atoms with Gasteiger partial charge in [-0.2, -0.15) is 0 Å². The average Bonchev–Trinajstić information content (AvgIpc) is 2.89. The second-order valence-corrected chi connectivity index (χ2v) is 8.15. The van der Waals surface area contributed by atoms with E-state index in [0.717, 1.165) is 16.7 Å². The molecule has 0 bridgehead atoms. The molecule has 0 saturated carbocycles. The molecule has 0 unspecified atom stereocenters. The number of aliphatic hydroxyl groups is 1. The van der Waals surface area contributed by atoms with Crippen LogP contribution in [0.15, 0.2) is 54.6 Å². The summed E-state index contributed by atoms with van der Waals surface area (Å²) in [6.07, 6.45) is 1.45. The molecule has 5 heteroatoms. The molecule has 0 saturated heterocycles. The van der Waals surface area contributed by atoms with E-state index in [0.29, 0.717) is 19.3 Å². The van der Waals surface area contributed by atoms with Crippen molar-refractivity contribution >= 4 is 10.0 Å². The molecule has 0 spiro atoms. The van der Waals surface area contributed by atoms with Crippen molar-refractivity contribution in [2.75, 3.05) is 12.3 Å². The van der Waals surface area contributed by atoms with E-state index in [1.807, 2.05) is 54.6 Å². The third kappa shape index (κ3) is 4.19. The molecule has 3 rings (SSSR count). The summed E-state index contributed by atoms with van der Waals surface area (Å²) >= 11 is 0. The molecule has 122 valence electrons. The zero-order chi connectivity index (χ0) is 16.3. The van der Waals surface area contributed by atoms with Gasteiger partial charge in [0.15, 0.2) is 0 Å². The lowest BCUT2D eigenvalue weighted by Gasteiger charge is -2.22. The maximum absolute atomic E-state index is 12.2. The molecule has 1 aliphatic carbocycles. The van der Waals surface area contributed by atoms with E-state index >= 15 is 0 Å². The second kappa shape index (κ2) is 6.43. The predicted octanol–water partition coefficient (Wildman–Crippen LogP) is 1.68. The first-order valence-electron chi connectivity index (χ1n) is 7.76. The number of hydrogen-bond donors (Lipinski definition) is 2. The largest absolute Gasteiger partial charge is 0.388 e. The van der Waals surface area contributed by atoms with Crippen molar-refractivity contribution in [2.24, 2.45) is 0 Å². The molecule has 2 N–H and O–H groups in total. The van der Waals surface area contributed by atoms with Crippen LogP contribution < -0.4 is 4.72 Å². The number of benzene rings is 2. The summed E-state index contributed by atoms with van der Waals surface area (Å²) in [5.41, 5.74) is 2.16. The third-order valence-electron chi connectivity index (χ3n) is 4.28. The molecule has 0 atom stereocenters. The molecule has 2 aromatic carbocycles. The first-order chi connectivity index (χ1) is 11.0. The first-order valence-corrected chi connectivity index (χ1v) is 9.41. The van der Waals surface area contributed by atoms with Gasteiger partial charge in [-0.25, -0.2) is 13.1 Å². The van der Waals surface area contributed by atoms with Crippen molar-refractivity contribution in [1.82, 2.24) is 4.72 Å². The lowest BCUT2D eigenvalue weighted by molar-refractivity contribution is 0.0568. The normalized spacial score (nSPS) is 16.2. The first kappa shape index (κ1) is 16.2. The lowest BCUT2D eigenvalue weighted by atomic mass is 10.0. The summed E-state index contributed by atoms with van der Waals surface area (Å²) < 4.78 is 26.9. The molecule has 2 aromatic rings. The van der Waals surface area contributed by atoms with Crippen LogP contribution in [0.1, 0.15) is 16.7 Å². The number of rotatable bonds is 6. The van der Waals surface area contributed by atoms with Crippen LogP contribution in [0.25, 0.3) is 0 Å². The summed E-state index contributed by atoms with van der Waals surface area (Å²) in [5, 5.41) is 10.6. The molecule has 0 aliphatic heterocycles. The van der Waals surface area contributed by atoms with Crippen LogP contribution in [-0.2, 0) is 29.3 Å². The number of fused-ring (bicyclic) bond motifs is 1. The summed E-state index contributed by atoms with van der Waals surface area (Å²) in [6.45, 7) is 0.0544. The minimum absolute atomic E-state index is 0.0278. The van der Waals surface area contributed by atoms with Crippen LogP contribution in [0.4, 0.5) is 0 Å². The van der Waals surface area contributed by atoms with E-state index < -0.39 is 15.6 Å². The Morgan fingerprint density at radius 3 is 2.13 bits per heavy atom. The van der Waals surface area contributed by atoms with Gasteiger partial charge >= 0.3 is 0 Å². The third-order valence-corrected chi connectivity index (χ3v) is 5.61. The second-order valence-electron chi connectivity index (χ2n) is 6.22. The highest BCUT2D eigenvalue weighted by atomic mass is 32.2. The Labute approximate surface area is 137 Å². The predicted molar refractivity (Wildman–Crippen MR) is 90.7 cm³/mol. The van der Waals surface area contributed by atoms with Gasteiger partial charge in [-0.05, 0) is 23.1 Å².